The Labute approximate surface area is 176 Å². The van der Waals surface area contributed by atoms with Crippen LogP contribution in [-0.2, 0) is 5.41 Å². The van der Waals surface area contributed by atoms with Crippen LogP contribution < -0.4 is 0 Å². The molecule has 0 spiro atoms. The lowest BCUT2D eigenvalue weighted by Gasteiger charge is -2.32. The van der Waals surface area contributed by atoms with E-state index in [0.29, 0.717) is 0 Å². The van der Waals surface area contributed by atoms with Crippen LogP contribution in [0.3, 0.4) is 0 Å². The van der Waals surface area contributed by atoms with E-state index >= 15 is 0 Å². The molecule has 29 heavy (non-hydrogen) atoms. The molecule has 0 radical (unpaired) electrons. The summed E-state index contributed by atoms with van der Waals surface area (Å²) in [6.07, 6.45) is 0. The number of benzene rings is 3. The Balaban J connectivity index is 0.000000431. The van der Waals surface area contributed by atoms with Crippen LogP contribution in [0.2, 0.25) is 0 Å². The standard InChI is InChI=1S/C22H22S2.BF4/c1-22(2,3)16-12-14-17(15-13-16)24-20-10-6-4-8-18(20)23-19-9-5-7-11-21(19)24;2-1(3,4)5/h4-15,24H,1-3H3;/q;-1. The first-order valence-electron chi connectivity index (χ1n) is 9.18. The van der Waals surface area contributed by atoms with Crippen molar-refractivity contribution < 1.29 is 17.3 Å². The highest BCUT2D eigenvalue weighted by Gasteiger charge is 2.24. The average Bonchev–Trinajstić information content (AvgIpc) is 2.64. The summed E-state index contributed by atoms with van der Waals surface area (Å²) in [6, 6.07) is 27.1. The Hall–Kier alpha value is -1.86. The smallest absolute Gasteiger partial charge is 0.418 e. The van der Waals surface area contributed by atoms with Crippen LogP contribution in [0.5, 0.6) is 0 Å². The molecule has 0 bridgehead atoms. The topological polar surface area (TPSA) is 0 Å². The van der Waals surface area contributed by atoms with Gasteiger partial charge in [-0.2, -0.15) is 10.9 Å². The van der Waals surface area contributed by atoms with Crippen LogP contribution in [0.4, 0.5) is 17.3 Å². The molecular weight excluding hydrogens is 415 g/mol. The second-order valence-electron chi connectivity index (χ2n) is 7.66. The summed E-state index contributed by atoms with van der Waals surface area (Å²) >= 11 is 1.90. The number of rotatable bonds is 1. The molecular formula is C22H22BF4S2-. The zero-order valence-electron chi connectivity index (χ0n) is 16.4. The van der Waals surface area contributed by atoms with Crippen LogP contribution in [0.15, 0.2) is 97.3 Å². The van der Waals surface area contributed by atoms with Crippen molar-refractivity contribution in [2.24, 2.45) is 0 Å². The fourth-order valence-corrected chi connectivity index (χ4v) is 7.11. The molecule has 1 aliphatic heterocycles. The lowest BCUT2D eigenvalue weighted by Crippen LogP contribution is -2.10. The van der Waals surface area contributed by atoms with Crippen molar-refractivity contribution in [1.82, 2.24) is 0 Å². The first-order chi connectivity index (χ1) is 13.5. The maximum atomic E-state index is 9.75. The van der Waals surface area contributed by atoms with Gasteiger partial charge in [-0.15, -0.1) is 0 Å². The second kappa shape index (κ2) is 8.48. The summed E-state index contributed by atoms with van der Waals surface area (Å²) in [5.74, 6) is 0. The predicted octanol–water partition coefficient (Wildman–Crippen LogP) is 8.23. The Morgan fingerprint density at radius 3 is 1.52 bits per heavy atom. The van der Waals surface area contributed by atoms with Gasteiger partial charge in [0.15, 0.2) is 0 Å². The molecule has 0 N–H and O–H groups in total. The number of thiol groups is 1. The first kappa shape index (κ1) is 21.8. The Morgan fingerprint density at radius 2 is 1.10 bits per heavy atom. The molecule has 0 atom stereocenters. The highest BCUT2D eigenvalue weighted by molar-refractivity contribution is 8.18. The number of halogens is 4. The zero-order valence-corrected chi connectivity index (χ0v) is 18.1. The Bertz CT molecular complexity index is 928. The van der Waals surface area contributed by atoms with Crippen molar-refractivity contribution in [3.63, 3.8) is 0 Å². The Kier molecular flexibility index (Phi) is 6.39. The third kappa shape index (κ3) is 5.61. The summed E-state index contributed by atoms with van der Waals surface area (Å²) in [6.45, 7) is 6.82. The minimum Gasteiger partial charge on any atom is -0.418 e. The monoisotopic (exact) mass is 437 g/mol. The molecule has 0 aromatic heterocycles. The van der Waals surface area contributed by atoms with Crippen molar-refractivity contribution in [2.45, 2.75) is 50.7 Å². The molecule has 0 aliphatic carbocycles. The van der Waals surface area contributed by atoms with Crippen molar-refractivity contribution in [3.8, 4) is 0 Å². The second-order valence-corrected chi connectivity index (χ2v) is 10.9. The van der Waals surface area contributed by atoms with E-state index in [4.69, 9.17) is 0 Å². The number of hydrogen-bond acceptors (Lipinski definition) is 1. The zero-order chi connectivity index (χ0) is 21.2. The number of hydrogen-bond donors (Lipinski definition) is 1. The van der Waals surface area contributed by atoms with E-state index in [1.165, 1.54) is 30.0 Å². The minimum absolute atomic E-state index is 0.198. The predicted molar refractivity (Wildman–Crippen MR) is 116 cm³/mol. The third-order valence-corrected chi connectivity index (χ3v) is 8.44. The van der Waals surface area contributed by atoms with Gasteiger partial charge in [0.1, 0.15) is 0 Å². The van der Waals surface area contributed by atoms with E-state index in [9.17, 15) is 17.3 Å². The molecule has 3 aromatic rings. The fourth-order valence-electron chi connectivity index (χ4n) is 3.09. The maximum absolute atomic E-state index is 9.75. The van der Waals surface area contributed by atoms with Gasteiger partial charge in [0.05, 0.1) is 0 Å². The summed E-state index contributed by atoms with van der Waals surface area (Å²) in [5, 5.41) is 0. The molecule has 0 amide bonds. The van der Waals surface area contributed by atoms with Gasteiger partial charge in [0.2, 0.25) is 0 Å². The van der Waals surface area contributed by atoms with Crippen LogP contribution in [-0.4, -0.2) is 7.25 Å². The minimum atomic E-state index is -6.00. The van der Waals surface area contributed by atoms with E-state index in [2.05, 4.69) is 93.6 Å². The third-order valence-electron chi connectivity index (χ3n) is 4.42. The van der Waals surface area contributed by atoms with Crippen molar-refractivity contribution in [3.05, 3.63) is 78.4 Å². The molecule has 0 saturated heterocycles. The van der Waals surface area contributed by atoms with Crippen LogP contribution in [0.25, 0.3) is 0 Å². The largest absolute Gasteiger partial charge is 0.673 e. The van der Waals surface area contributed by atoms with E-state index in [1.54, 1.807) is 0 Å². The molecule has 4 rings (SSSR count). The maximum Gasteiger partial charge on any atom is 0.673 e. The Morgan fingerprint density at radius 1 is 0.690 bits per heavy atom. The van der Waals surface area contributed by atoms with Crippen molar-refractivity contribution in [2.75, 3.05) is 0 Å². The summed E-state index contributed by atoms with van der Waals surface area (Å²) < 4.78 is 39.0. The molecule has 3 aromatic carbocycles. The average molecular weight is 437 g/mol. The van der Waals surface area contributed by atoms with Gasteiger partial charge in [-0.05, 0) is 52.3 Å². The van der Waals surface area contributed by atoms with E-state index < -0.39 is 18.1 Å². The molecule has 0 unspecified atom stereocenters. The van der Waals surface area contributed by atoms with Gasteiger partial charge in [-0.25, -0.2) is 0 Å². The lowest BCUT2D eigenvalue weighted by atomic mass is 9.87. The molecule has 154 valence electrons. The van der Waals surface area contributed by atoms with Gasteiger partial charge in [-0.1, -0.05) is 68.9 Å². The molecule has 1 aliphatic rings. The first-order valence-corrected chi connectivity index (χ1v) is 11.3. The van der Waals surface area contributed by atoms with Gasteiger partial charge < -0.3 is 17.3 Å². The molecule has 0 nitrogen and oxygen atoms in total. The van der Waals surface area contributed by atoms with Gasteiger partial charge in [0.25, 0.3) is 0 Å². The highest BCUT2D eigenvalue weighted by atomic mass is 32.2. The summed E-state index contributed by atoms with van der Waals surface area (Å²) in [5.41, 5.74) is 1.60. The number of fused-ring (bicyclic) bond motifs is 2. The van der Waals surface area contributed by atoms with Gasteiger partial charge >= 0.3 is 7.25 Å². The fraction of sp³-hybridized carbons (Fsp3) is 0.182. The molecule has 0 saturated carbocycles. The van der Waals surface area contributed by atoms with Crippen molar-refractivity contribution >= 4 is 29.9 Å². The molecule has 7 heteroatoms. The van der Waals surface area contributed by atoms with E-state index in [0.717, 1.165) is 0 Å². The van der Waals surface area contributed by atoms with Crippen LogP contribution in [0.1, 0.15) is 26.3 Å². The quantitative estimate of drug-likeness (QED) is 0.178. The highest BCUT2D eigenvalue weighted by Crippen LogP contribution is 2.61. The van der Waals surface area contributed by atoms with E-state index in [1.807, 2.05) is 11.8 Å². The normalized spacial score (nSPS) is 14.4. The van der Waals surface area contributed by atoms with Crippen molar-refractivity contribution in [1.29, 1.82) is 0 Å². The van der Waals surface area contributed by atoms with E-state index in [-0.39, 0.29) is 5.41 Å². The summed E-state index contributed by atoms with van der Waals surface area (Å²) in [7, 11) is -6.47. The van der Waals surface area contributed by atoms with Crippen LogP contribution in [0, 0.1) is 0 Å². The van der Waals surface area contributed by atoms with Gasteiger partial charge in [0, 0.05) is 19.6 Å². The SMILES string of the molecule is CC(C)(C)c1ccc([SH]2c3ccccc3Sc3ccccc32)cc1.F[B-](F)(F)F. The van der Waals surface area contributed by atoms with Gasteiger partial charge in [-0.3, -0.25) is 0 Å². The molecule has 1 heterocycles. The summed E-state index contributed by atoms with van der Waals surface area (Å²) in [4.78, 5) is 7.22. The lowest BCUT2D eigenvalue weighted by molar-refractivity contribution is 0.368. The molecule has 0 fully saturated rings. The van der Waals surface area contributed by atoms with Crippen LogP contribution >= 0.6 is 22.7 Å².